The molecule has 3 aromatic rings. The average molecular weight is 405 g/mol. The van der Waals surface area contributed by atoms with Gasteiger partial charge in [0.2, 0.25) is 0 Å². The van der Waals surface area contributed by atoms with Crippen LogP contribution in [0.4, 0.5) is 13.2 Å². The number of carbonyl (C=O) groups is 1. The topological polar surface area (TPSA) is 81.1 Å². The second-order valence-electron chi connectivity index (χ2n) is 6.73. The van der Waals surface area contributed by atoms with Gasteiger partial charge in [-0.3, -0.25) is 9.78 Å². The maximum absolute atomic E-state index is 12.8. The molecular weight excluding hydrogens is 387 g/mol. The standard InChI is InChI=1S/C19H18F3N5O2/c1-29-16-10-23-9-14(16)26-18(28)13-6-15-11(7-24-13)4-5-27(15)17-3-2-12(8-25-17)19(20,21)22/h2-8,14,16,23H,9-10H2,1H3,(H,26,28)/t14-,16-/m1/s1. The van der Waals surface area contributed by atoms with Crippen LogP contribution in [0.1, 0.15) is 16.1 Å². The van der Waals surface area contributed by atoms with Crippen LogP contribution in [0.25, 0.3) is 16.7 Å². The summed E-state index contributed by atoms with van der Waals surface area (Å²) < 4.78 is 45.2. The monoisotopic (exact) mass is 405 g/mol. The highest BCUT2D eigenvalue weighted by molar-refractivity contribution is 5.96. The van der Waals surface area contributed by atoms with E-state index in [1.165, 1.54) is 6.07 Å². The molecule has 4 heterocycles. The molecule has 2 atom stereocenters. The van der Waals surface area contributed by atoms with Crippen molar-refractivity contribution in [1.82, 2.24) is 25.2 Å². The fraction of sp³-hybridized carbons (Fsp3) is 0.316. The Bertz CT molecular complexity index is 1030. The highest BCUT2D eigenvalue weighted by Crippen LogP contribution is 2.29. The molecule has 29 heavy (non-hydrogen) atoms. The molecule has 0 aromatic carbocycles. The number of hydrogen-bond acceptors (Lipinski definition) is 5. The third-order valence-electron chi connectivity index (χ3n) is 4.91. The molecule has 2 N–H and O–H groups in total. The SMILES string of the molecule is CO[C@@H]1CNC[C@H]1NC(=O)c1cc2c(ccn2-c2ccc(C(F)(F)F)cn2)cn1. The van der Waals surface area contributed by atoms with Gasteiger partial charge in [-0.2, -0.15) is 13.2 Å². The number of halogens is 3. The number of aromatic nitrogens is 3. The van der Waals surface area contributed by atoms with E-state index < -0.39 is 11.7 Å². The highest BCUT2D eigenvalue weighted by Gasteiger charge is 2.31. The maximum Gasteiger partial charge on any atom is 0.417 e. The Balaban J connectivity index is 1.62. The predicted octanol–water partition coefficient (Wildman–Crippen LogP) is 2.16. The minimum atomic E-state index is -4.45. The molecule has 1 amide bonds. The third-order valence-corrected chi connectivity index (χ3v) is 4.91. The van der Waals surface area contributed by atoms with E-state index >= 15 is 0 Å². The highest BCUT2D eigenvalue weighted by atomic mass is 19.4. The van der Waals surface area contributed by atoms with E-state index in [1.54, 1.807) is 36.2 Å². The molecule has 0 bridgehead atoms. The molecule has 1 aliphatic rings. The van der Waals surface area contributed by atoms with Crippen LogP contribution < -0.4 is 10.6 Å². The fourth-order valence-corrected chi connectivity index (χ4v) is 3.34. The van der Waals surface area contributed by atoms with Crippen molar-refractivity contribution in [3.63, 3.8) is 0 Å². The molecule has 1 saturated heterocycles. The Kier molecular flexibility index (Phi) is 4.97. The van der Waals surface area contributed by atoms with Crippen LogP contribution in [-0.4, -0.2) is 52.8 Å². The minimum absolute atomic E-state index is 0.122. The summed E-state index contributed by atoms with van der Waals surface area (Å²) in [5.74, 6) is -0.0409. The van der Waals surface area contributed by atoms with Gasteiger partial charge in [0.1, 0.15) is 11.5 Å². The second kappa shape index (κ2) is 7.45. The Labute approximate surface area is 163 Å². The first-order valence-corrected chi connectivity index (χ1v) is 8.92. The van der Waals surface area contributed by atoms with E-state index in [0.29, 0.717) is 24.4 Å². The van der Waals surface area contributed by atoms with Gasteiger partial charge < -0.3 is 19.9 Å². The zero-order valence-corrected chi connectivity index (χ0v) is 15.4. The summed E-state index contributed by atoms with van der Waals surface area (Å²) in [4.78, 5) is 20.7. The quantitative estimate of drug-likeness (QED) is 0.695. The first-order valence-electron chi connectivity index (χ1n) is 8.92. The van der Waals surface area contributed by atoms with Gasteiger partial charge in [-0.1, -0.05) is 0 Å². The summed E-state index contributed by atoms with van der Waals surface area (Å²) in [6.45, 7) is 1.24. The van der Waals surface area contributed by atoms with Gasteiger partial charge in [-0.05, 0) is 24.3 Å². The average Bonchev–Trinajstić information content (AvgIpc) is 3.33. The Morgan fingerprint density at radius 3 is 2.76 bits per heavy atom. The Morgan fingerprint density at radius 2 is 2.07 bits per heavy atom. The second-order valence-corrected chi connectivity index (χ2v) is 6.73. The van der Waals surface area contributed by atoms with E-state index in [-0.39, 0.29) is 23.7 Å². The predicted molar refractivity (Wildman–Crippen MR) is 98.8 cm³/mol. The van der Waals surface area contributed by atoms with Crippen LogP contribution >= 0.6 is 0 Å². The van der Waals surface area contributed by atoms with Gasteiger partial charge in [0.25, 0.3) is 5.91 Å². The van der Waals surface area contributed by atoms with Crippen LogP contribution in [0.5, 0.6) is 0 Å². The molecule has 10 heteroatoms. The number of rotatable bonds is 4. The molecule has 3 aromatic heterocycles. The van der Waals surface area contributed by atoms with Gasteiger partial charge in [0.05, 0.1) is 23.2 Å². The van der Waals surface area contributed by atoms with Crippen molar-refractivity contribution < 1.29 is 22.7 Å². The molecule has 1 fully saturated rings. The Hall–Kier alpha value is -2.98. The van der Waals surface area contributed by atoms with Gasteiger partial charge in [0.15, 0.2) is 0 Å². The summed E-state index contributed by atoms with van der Waals surface area (Å²) in [6.07, 6.45) is -0.567. The molecule has 0 unspecified atom stereocenters. The lowest BCUT2D eigenvalue weighted by molar-refractivity contribution is -0.137. The van der Waals surface area contributed by atoms with Gasteiger partial charge in [-0.15, -0.1) is 0 Å². The lowest BCUT2D eigenvalue weighted by atomic mass is 10.2. The number of fused-ring (bicyclic) bond motifs is 1. The van der Waals surface area contributed by atoms with Crippen LogP contribution in [0, 0.1) is 0 Å². The third kappa shape index (κ3) is 3.81. The molecule has 0 saturated carbocycles. The molecule has 4 rings (SSSR count). The normalized spacial score (nSPS) is 19.6. The first-order chi connectivity index (χ1) is 13.9. The van der Waals surface area contributed by atoms with E-state index in [4.69, 9.17) is 4.74 Å². The molecule has 7 nitrogen and oxygen atoms in total. The molecule has 0 aliphatic carbocycles. The van der Waals surface area contributed by atoms with Crippen molar-refractivity contribution in [3.8, 4) is 5.82 Å². The number of hydrogen-bond donors (Lipinski definition) is 2. The zero-order chi connectivity index (χ0) is 20.6. The van der Waals surface area contributed by atoms with Crippen LogP contribution in [0.2, 0.25) is 0 Å². The number of methoxy groups -OCH3 is 1. The summed E-state index contributed by atoms with van der Waals surface area (Å²) >= 11 is 0. The van der Waals surface area contributed by atoms with E-state index in [1.807, 2.05) is 0 Å². The van der Waals surface area contributed by atoms with E-state index in [9.17, 15) is 18.0 Å². The van der Waals surface area contributed by atoms with Crippen molar-refractivity contribution in [2.75, 3.05) is 20.2 Å². The number of pyridine rings is 2. The number of nitrogens with zero attached hydrogens (tertiary/aromatic N) is 3. The van der Waals surface area contributed by atoms with Gasteiger partial charge >= 0.3 is 6.18 Å². The van der Waals surface area contributed by atoms with Gasteiger partial charge in [0, 0.05) is 44.2 Å². The summed E-state index contributed by atoms with van der Waals surface area (Å²) in [5.41, 5.74) is -0.00585. The number of amides is 1. The summed E-state index contributed by atoms with van der Waals surface area (Å²) in [5, 5.41) is 6.78. The Morgan fingerprint density at radius 1 is 1.24 bits per heavy atom. The number of carbonyl (C=O) groups excluding carboxylic acids is 1. The van der Waals surface area contributed by atoms with Crippen LogP contribution in [-0.2, 0) is 10.9 Å². The van der Waals surface area contributed by atoms with E-state index in [2.05, 4.69) is 20.6 Å². The van der Waals surface area contributed by atoms with Crippen LogP contribution in [0.3, 0.4) is 0 Å². The molecule has 1 aliphatic heterocycles. The molecule has 0 spiro atoms. The van der Waals surface area contributed by atoms with Crippen LogP contribution in [0.15, 0.2) is 42.9 Å². The first kappa shape index (κ1) is 19.3. The largest absolute Gasteiger partial charge is 0.417 e. The smallest absolute Gasteiger partial charge is 0.378 e. The fourth-order valence-electron chi connectivity index (χ4n) is 3.34. The maximum atomic E-state index is 12.8. The molecular formula is C19H18F3N5O2. The molecule has 0 radical (unpaired) electrons. The zero-order valence-electron chi connectivity index (χ0n) is 15.4. The molecule has 152 valence electrons. The minimum Gasteiger partial charge on any atom is -0.378 e. The summed E-state index contributed by atoms with van der Waals surface area (Å²) in [6, 6.07) is 5.43. The summed E-state index contributed by atoms with van der Waals surface area (Å²) in [7, 11) is 1.59. The van der Waals surface area contributed by atoms with Crippen molar-refractivity contribution in [3.05, 3.63) is 54.1 Å². The number of nitrogens with one attached hydrogen (secondary N) is 2. The lowest BCUT2D eigenvalue weighted by Crippen LogP contribution is -2.43. The number of ether oxygens (including phenoxy) is 1. The van der Waals surface area contributed by atoms with Gasteiger partial charge in [-0.25, -0.2) is 4.98 Å². The lowest BCUT2D eigenvalue weighted by Gasteiger charge is -2.18. The van der Waals surface area contributed by atoms with Crippen molar-refractivity contribution >= 4 is 16.8 Å². The number of alkyl halides is 3. The van der Waals surface area contributed by atoms with Crippen molar-refractivity contribution in [2.24, 2.45) is 0 Å². The van der Waals surface area contributed by atoms with Crippen molar-refractivity contribution in [1.29, 1.82) is 0 Å². The van der Waals surface area contributed by atoms with Crippen molar-refractivity contribution in [2.45, 2.75) is 18.3 Å². The van der Waals surface area contributed by atoms with E-state index in [0.717, 1.165) is 17.6 Å².